The lowest BCUT2D eigenvalue weighted by molar-refractivity contribution is -0.135. The molecule has 1 N–H and O–H groups in total. The second-order valence-electron chi connectivity index (χ2n) is 6.59. The summed E-state index contributed by atoms with van der Waals surface area (Å²) >= 11 is 0. The molecule has 0 radical (unpaired) electrons. The van der Waals surface area contributed by atoms with Crippen molar-refractivity contribution in [1.29, 1.82) is 0 Å². The van der Waals surface area contributed by atoms with Gasteiger partial charge in [0, 0.05) is 30.5 Å². The third-order valence-electron chi connectivity index (χ3n) is 4.97. The number of amidine groups is 1. The van der Waals surface area contributed by atoms with Gasteiger partial charge in [0.05, 0.1) is 10.9 Å². The lowest BCUT2D eigenvalue weighted by Crippen LogP contribution is -2.44. The van der Waals surface area contributed by atoms with Crippen LogP contribution in [0.2, 0.25) is 0 Å². The maximum atomic E-state index is 12.9. The van der Waals surface area contributed by atoms with E-state index in [1.54, 1.807) is 30.0 Å². The van der Waals surface area contributed by atoms with E-state index in [4.69, 9.17) is 0 Å². The number of nitrogens with one attached hydrogen (secondary N) is 1. The highest BCUT2D eigenvalue weighted by Crippen LogP contribution is 2.27. The number of sulfonamides is 1. The van der Waals surface area contributed by atoms with Crippen LogP contribution in [0.5, 0.6) is 0 Å². The molecule has 7 nitrogen and oxygen atoms in total. The summed E-state index contributed by atoms with van der Waals surface area (Å²) < 4.78 is 29.0. The van der Waals surface area contributed by atoms with Crippen molar-refractivity contribution in [3.63, 3.8) is 0 Å². The summed E-state index contributed by atoms with van der Waals surface area (Å²) in [5, 5.41) is 0. The van der Waals surface area contributed by atoms with Gasteiger partial charge in [-0.15, -0.1) is 0 Å². The van der Waals surface area contributed by atoms with E-state index in [0.717, 1.165) is 12.2 Å². The molecule has 0 saturated heterocycles. The van der Waals surface area contributed by atoms with Crippen LogP contribution in [0.15, 0.2) is 52.5 Å². The first-order valence-electron chi connectivity index (χ1n) is 8.54. The Morgan fingerprint density at radius 1 is 1.23 bits per heavy atom. The molecular formula is C18H20N4O3S. The average molecular weight is 372 g/mol. The molecule has 1 aromatic heterocycles. The summed E-state index contributed by atoms with van der Waals surface area (Å²) in [5.41, 5.74) is 1.60. The van der Waals surface area contributed by atoms with E-state index in [2.05, 4.69) is 14.3 Å². The monoisotopic (exact) mass is 372 g/mol. The maximum absolute atomic E-state index is 12.9. The van der Waals surface area contributed by atoms with Crippen LogP contribution in [-0.2, 0) is 21.4 Å². The van der Waals surface area contributed by atoms with Crippen molar-refractivity contribution < 1.29 is 13.2 Å². The number of aromatic nitrogens is 1. The van der Waals surface area contributed by atoms with Gasteiger partial charge >= 0.3 is 0 Å². The molecule has 2 aromatic rings. The highest BCUT2D eigenvalue weighted by atomic mass is 32.2. The third-order valence-corrected chi connectivity index (χ3v) is 6.37. The van der Waals surface area contributed by atoms with Gasteiger partial charge < -0.3 is 9.47 Å². The van der Waals surface area contributed by atoms with Crippen molar-refractivity contribution >= 4 is 21.8 Å². The molecule has 2 aliphatic heterocycles. The van der Waals surface area contributed by atoms with Crippen molar-refractivity contribution in [3.05, 3.63) is 53.9 Å². The van der Waals surface area contributed by atoms with E-state index >= 15 is 0 Å². The average Bonchev–Trinajstić information content (AvgIpc) is 3.19. The van der Waals surface area contributed by atoms with Crippen molar-refractivity contribution in [2.24, 2.45) is 4.99 Å². The molecule has 1 aromatic carbocycles. The number of benzene rings is 1. The molecule has 8 heteroatoms. The predicted octanol–water partition coefficient (Wildman–Crippen LogP) is 1.52. The number of hydrogen-bond donors (Lipinski definition) is 1. The van der Waals surface area contributed by atoms with Gasteiger partial charge in [-0.2, -0.15) is 0 Å². The zero-order valence-corrected chi connectivity index (χ0v) is 15.4. The Labute approximate surface area is 152 Å². The normalized spacial score (nSPS) is 23.2. The first-order valence-corrected chi connectivity index (χ1v) is 10.0. The van der Waals surface area contributed by atoms with Gasteiger partial charge in [0.25, 0.3) is 10.0 Å². The first kappa shape index (κ1) is 16.8. The highest BCUT2D eigenvalue weighted by Gasteiger charge is 2.33. The second-order valence-corrected chi connectivity index (χ2v) is 8.24. The molecular weight excluding hydrogens is 352 g/mol. The Balaban J connectivity index is 1.60. The van der Waals surface area contributed by atoms with Gasteiger partial charge in [0.15, 0.2) is 0 Å². The van der Waals surface area contributed by atoms with Gasteiger partial charge in [-0.1, -0.05) is 12.1 Å². The van der Waals surface area contributed by atoms with Crippen LogP contribution in [0.4, 0.5) is 0 Å². The van der Waals surface area contributed by atoms with Crippen molar-refractivity contribution in [2.75, 3.05) is 6.54 Å². The zero-order valence-electron chi connectivity index (χ0n) is 14.6. The number of rotatable bonds is 2. The predicted molar refractivity (Wildman–Crippen MR) is 97.3 cm³/mol. The number of amides is 1. The number of hydrogen-bond acceptors (Lipinski definition) is 4. The zero-order chi connectivity index (χ0) is 18.5. The molecule has 1 unspecified atom stereocenters. The Kier molecular flexibility index (Phi) is 3.87. The van der Waals surface area contributed by atoms with Crippen molar-refractivity contribution in [2.45, 2.75) is 37.4 Å². The van der Waals surface area contributed by atoms with Gasteiger partial charge in [0.2, 0.25) is 5.91 Å². The van der Waals surface area contributed by atoms with Gasteiger partial charge in [-0.3, -0.25) is 14.5 Å². The molecule has 0 bridgehead atoms. The molecule has 26 heavy (non-hydrogen) atoms. The Hall–Kier alpha value is -2.61. The van der Waals surface area contributed by atoms with Gasteiger partial charge in [0.1, 0.15) is 11.9 Å². The topological polar surface area (TPSA) is 83.8 Å². The molecule has 4 rings (SSSR count). The Bertz CT molecular complexity index is 1010. The maximum Gasteiger partial charge on any atom is 0.263 e. The fourth-order valence-electron chi connectivity index (χ4n) is 3.60. The number of carbonyl (C=O) groups excluding carboxylic acids is 1. The van der Waals surface area contributed by atoms with E-state index < -0.39 is 16.1 Å². The third kappa shape index (κ3) is 2.61. The van der Waals surface area contributed by atoms with Crippen molar-refractivity contribution in [3.8, 4) is 0 Å². The van der Waals surface area contributed by atoms with E-state index in [9.17, 15) is 13.2 Å². The molecule has 136 valence electrons. The second kappa shape index (κ2) is 5.98. The molecule has 2 aliphatic rings. The summed E-state index contributed by atoms with van der Waals surface area (Å²) in [7, 11) is -3.60. The fourth-order valence-corrected chi connectivity index (χ4v) is 4.84. The lowest BCUT2D eigenvalue weighted by atomic mass is 10.1. The van der Waals surface area contributed by atoms with E-state index in [1.165, 1.54) is 6.07 Å². The van der Waals surface area contributed by atoms with Crippen LogP contribution in [0.25, 0.3) is 0 Å². The van der Waals surface area contributed by atoms with Gasteiger partial charge in [-0.25, -0.2) is 8.42 Å². The molecule has 0 fully saturated rings. The number of nitrogens with zero attached hydrogens (tertiary/aromatic N) is 3. The van der Waals surface area contributed by atoms with Crippen LogP contribution in [-0.4, -0.2) is 42.2 Å². The summed E-state index contributed by atoms with van der Waals surface area (Å²) in [5.74, 6) is 0.121. The standard InChI is InChI=1S/C18H20N4O3S/c1-12(18(23)22-11-10-21-9-5-7-15(21)13(22)2)19-17-14-6-3-4-8-16(14)26(24,25)20-17/h3-9,12-13H,10-11H2,1-2H3,(H,19,20)/t12-,13?/m0/s1. The molecule has 0 saturated carbocycles. The Morgan fingerprint density at radius 2 is 2.00 bits per heavy atom. The Morgan fingerprint density at radius 3 is 2.81 bits per heavy atom. The molecule has 0 spiro atoms. The number of fused-ring (bicyclic) bond motifs is 2. The quantitative estimate of drug-likeness (QED) is 0.867. The summed E-state index contributed by atoms with van der Waals surface area (Å²) in [4.78, 5) is 19.3. The van der Waals surface area contributed by atoms with Crippen LogP contribution >= 0.6 is 0 Å². The largest absolute Gasteiger partial charge is 0.348 e. The van der Waals surface area contributed by atoms with Crippen molar-refractivity contribution in [1.82, 2.24) is 14.2 Å². The van der Waals surface area contributed by atoms with Crippen LogP contribution in [0.3, 0.4) is 0 Å². The lowest BCUT2D eigenvalue weighted by Gasteiger charge is -2.35. The minimum Gasteiger partial charge on any atom is -0.348 e. The SMILES string of the molecule is CC1c2cccn2CCN1C(=O)[C@H](C)N=C1NS(=O)(=O)c2ccccc21. The van der Waals surface area contributed by atoms with Crippen LogP contribution in [0, 0.1) is 0 Å². The summed E-state index contributed by atoms with van der Waals surface area (Å²) in [6.07, 6.45) is 2.02. The highest BCUT2D eigenvalue weighted by molar-refractivity contribution is 7.90. The van der Waals surface area contributed by atoms with Crippen LogP contribution < -0.4 is 4.72 Å². The summed E-state index contributed by atoms with van der Waals surface area (Å²) in [6, 6.07) is 9.93. The minimum atomic E-state index is -3.60. The molecule has 0 aliphatic carbocycles. The van der Waals surface area contributed by atoms with Crippen LogP contribution in [0.1, 0.15) is 31.1 Å². The number of aliphatic imine (C=N–C) groups is 1. The first-order chi connectivity index (χ1) is 12.4. The summed E-state index contributed by atoms with van der Waals surface area (Å²) in [6.45, 7) is 5.05. The van der Waals surface area contributed by atoms with E-state index in [-0.39, 0.29) is 22.7 Å². The smallest absolute Gasteiger partial charge is 0.263 e. The number of carbonyl (C=O) groups is 1. The van der Waals surface area contributed by atoms with E-state index in [0.29, 0.717) is 12.1 Å². The molecule has 3 heterocycles. The minimum absolute atomic E-state index is 0.0403. The molecule has 2 atom stereocenters. The fraction of sp³-hybridized carbons (Fsp3) is 0.333. The molecule has 1 amide bonds. The van der Waals surface area contributed by atoms with Gasteiger partial charge in [-0.05, 0) is 38.1 Å². The van der Waals surface area contributed by atoms with E-state index in [1.807, 2.05) is 25.3 Å².